The highest BCUT2D eigenvalue weighted by molar-refractivity contribution is 8.18. The molecule has 0 aliphatic carbocycles. The molecule has 9 heteroatoms. The molecule has 2 aromatic carbocycles. The first-order valence-corrected chi connectivity index (χ1v) is 12.5. The Morgan fingerprint density at radius 1 is 1.03 bits per heavy atom. The van der Waals surface area contributed by atoms with Crippen LogP contribution >= 0.6 is 23.1 Å². The number of halogens is 1. The van der Waals surface area contributed by atoms with Crippen LogP contribution in [0.3, 0.4) is 0 Å². The van der Waals surface area contributed by atoms with Gasteiger partial charge in [-0.25, -0.2) is 4.39 Å². The number of rotatable bonds is 7. The summed E-state index contributed by atoms with van der Waals surface area (Å²) in [6.45, 7) is 0.465. The van der Waals surface area contributed by atoms with Gasteiger partial charge in [0.05, 0.1) is 18.0 Å². The van der Waals surface area contributed by atoms with Gasteiger partial charge in [0.1, 0.15) is 12.4 Å². The van der Waals surface area contributed by atoms with Gasteiger partial charge >= 0.3 is 0 Å². The van der Waals surface area contributed by atoms with Crippen LogP contribution in [0.1, 0.15) is 16.0 Å². The summed E-state index contributed by atoms with van der Waals surface area (Å²) in [6, 6.07) is 17.6. The number of fused-ring (bicyclic) bond motifs is 1. The molecule has 0 unspecified atom stereocenters. The maximum absolute atomic E-state index is 14.1. The third-order valence-corrected chi connectivity index (χ3v) is 7.40. The zero-order valence-electron chi connectivity index (χ0n) is 18.4. The van der Waals surface area contributed by atoms with Crippen molar-refractivity contribution in [2.24, 2.45) is 0 Å². The number of nitrogens with one attached hydrogen (secondary N) is 1. The molecule has 1 saturated heterocycles. The van der Waals surface area contributed by atoms with E-state index in [0.29, 0.717) is 6.54 Å². The molecule has 0 saturated carbocycles. The molecule has 4 aromatic rings. The molecule has 176 valence electrons. The van der Waals surface area contributed by atoms with Crippen molar-refractivity contribution < 1.29 is 18.8 Å². The first kappa shape index (κ1) is 23.1. The molecule has 0 spiro atoms. The fourth-order valence-corrected chi connectivity index (χ4v) is 5.38. The molecule has 2 aromatic heterocycles. The Morgan fingerprint density at radius 3 is 2.63 bits per heavy atom. The second-order valence-electron chi connectivity index (χ2n) is 7.94. The number of aromatic nitrogens is 1. The topological polar surface area (TPSA) is 71.4 Å². The molecular weight excluding hydrogens is 485 g/mol. The Kier molecular flexibility index (Phi) is 6.52. The molecule has 0 bridgehead atoms. The van der Waals surface area contributed by atoms with Crippen molar-refractivity contribution >= 4 is 57.1 Å². The van der Waals surface area contributed by atoms with Gasteiger partial charge < -0.3 is 9.88 Å². The Morgan fingerprint density at radius 2 is 1.83 bits per heavy atom. The average molecular weight is 506 g/mol. The highest BCUT2D eigenvalue weighted by atomic mass is 32.2. The molecule has 1 fully saturated rings. The van der Waals surface area contributed by atoms with E-state index >= 15 is 0 Å². The van der Waals surface area contributed by atoms with Crippen LogP contribution in [0.15, 0.2) is 77.1 Å². The van der Waals surface area contributed by atoms with Gasteiger partial charge in [0.15, 0.2) is 0 Å². The molecule has 35 heavy (non-hydrogen) atoms. The van der Waals surface area contributed by atoms with Crippen LogP contribution in [0.2, 0.25) is 0 Å². The van der Waals surface area contributed by atoms with Crippen molar-refractivity contribution in [3.8, 4) is 0 Å². The Bertz CT molecular complexity index is 1460. The summed E-state index contributed by atoms with van der Waals surface area (Å²) < 4.78 is 15.9. The zero-order chi connectivity index (χ0) is 24.4. The van der Waals surface area contributed by atoms with Crippen molar-refractivity contribution in [3.05, 3.63) is 99.0 Å². The van der Waals surface area contributed by atoms with Crippen LogP contribution in [-0.2, 0) is 29.2 Å². The van der Waals surface area contributed by atoms with E-state index in [1.807, 2.05) is 46.3 Å². The predicted molar refractivity (Wildman–Crippen MR) is 136 cm³/mol. The summed E-state index contributed by atoms with van der Waals surface area (Å²) >= 11 is 2.41. The molecule has 1 aliphatic heterocycles. The van der Waals surface area contributed by atoms with E-state index < -0.39 is 17.0 Å². The second-order valence-corrected chi connectivity index (χ2v) is 9.97. The van der Waals surface area contributed by atoms with E-state index in [9.17, 15) is 18.8 Å². The predicted octanol–water partition coefficient (Wildman–Crippen LogP) is 5.39. The van der Waals surface area contributed by atoms with Crippen LogP contribution in [0.5, 0.6) is 0 Å². The van der Waals surface area contributed by atoms with Crippen LogP contribution in [0, 0.1) is 5.82 Å². The Balaban J connectivity index is 1.37. The van der Waals surface area contributed by atoms with E-state index in [1.54, 1.807) is 41.8 Å². The van der Waals surface area contributed by atoms with Crippen molar-refractivity contribution in [1.82, 2.24) is 14.8 Å². The van der Waals surface area contributed by atoms with E-state index in [-0.39, 0.29) is 29.5 Å². The maximum atomic E-state index is 14.1. The molecule has 3 heterocycles. The number of carbonyl (C=O) groups excluding carboxylic acids is 3. The van der Waals surface area contributed by atoms with Crippen LogP contribution in [-0.4, -0.2) is 26.5 Å². The number of thiophene rings is 1. The average Bonchev–Trinajstić information content (AvgIpc) is 3.56. The van der Waals surface area contributed by atoms with E-state index in [1.165, 1.54) is 6.07 Å². The minimum absolute atomic E-state index is 0.120. The Labute approximate surface area is 209 Å². The lowest BCUT2D eigenvalue weighted by Crippen LogP contribution is -2.27. The van der Waals surface area contributed by atoms with Crippen LogP contribution in [0.4, 0.5) is 9.18 Å². The van der Waals surface area contributed by atoms with Gasteiger partial charge in [0.25, 0.3) is 11.1 Å². The summed E-state index contributed by atoms with van der Waals surface area (Å²) in [5, 5.41) is 5.30. The first-order chi connectivity index (χ1) is 17.0. The van der Waals surface area contributed by atoms with Gasteiger partial charge in [0.2, 0.25) is 5.91 Å². The third-order valence-electron chi connectivity index (χ3n) is 5.62. The number of benzene rings is 2. The molecule has 1 N–H and O–H groups in total. The standard InChI is InChI=1S/C26H20FN3O3S2/c27-21-9-3-1-6-17(21)15-30-25(32)23(35-26(30)33)12-18-14-29(22-10-4-2-8-20(18)22)16-24(31)28-13-19-7-5-11-34-19/h1-12,14H,13,15-16H2,(H,28,31)/b23-12-. The fraction of sp³-hybridized carbons (Fsp3) is 0.115. The van der Waals surface area contributed by atoms with Gasteiger partial charge in [-0.15, -0.1) is 11.3 Å². The molecular formula is C26H20FN3O3S2. The van der Waals surface area contributed by atoms with Gasteiger partial charge in [-0.3, -0.25) is 19.3 Å². The summed E-state index contributed by atoms with van der Waals surface area (Å²) in [4.78, 5) is 40.5. The molecule has 0 radical (unpaired) electrons. The quantitative estimate of drug-likeness (QED) is 0.342. The van der Waals surface area contributed by atoms with Crippen molar-refractivity contribution in [2.45, 2.75) is 19.6 Å². The van der Waals surface area contributed by atoms with E-state index in [4.69, 9.17) is 0 Å². The second kappa shape index (κ2) is 9.89. The summed E-state index contributed by atoms with van der Waals surface area (Å²) in [7, 11) is 0. The van der Waals surface area contributed by atoms with Crippen LogP contribution < -0.4 is 5.32 Å². The highest BCUT2D eigenvalue weighted by Gasteiger charge is 2.35. The number of para-hydroxylation sites is 1. The van der Waals surface area contributed by atoms with Crippen molar-refractivity contribution in [1.29, 1.82) is 0 Å². The minimum Gasteiger partial charge on any atom is -0.350 e. The lowest BCUT2D eigenvalue weighted by molar-refractivity contribution is -0.123. The van der Waals surface area contributed by atoms with Gasteiger partial charge in [0, 0.05) is 33.1 Å². The summed E-state index contributed by atoms with van der Waals surface area (Å²) in [5.74, 6) is -1.05. The number of hydrogen-bond acceptors (Lipinski definition) is 5. The molecule has 3 amide bonds. The zero-order valence-corrected chi connectivity index (χ0v) is 20.1. The Hall–Kier alpha value is -3.69. The van der Waals surface area contributed by atoms with Gasteiger partial charge in [-0.05, 0) is 41.4 Å². The fourth-order valence-electron chi connectivity index (χ4n) is 3.90. The van der Waals surface area contributed by atoms with Gasteiger partial charge in [-0.2, -0.15) is 0 Å². The van der Waals surface area contributed by atoms with Crippen LogP contribution in [0.25, 0.3) is 17.0 Å². The smallest absolute Gasteiger partial charge is 0.293 e. The van der Waals surface area contributed by atoms with E-state index in [2.05, 4.69) is 5.32 Å². The number of carbonyl (C=O) groups is 3. The SMILES string of the molecule is O=C(Cn1cc(/C=C2\SC(=O)N(Cc3ccccc3F)C2=O)c2ccccc21)NCc1cccs1. The number of thioether (sulfide) groups is 1. The summed E-state index contributed by atoms with van der Waals surface area (Å²) in [5.41, 5.74) is 1.85. The van der Waals surface area contributed by atoms with E-state index in [0.717, 1.165) is 38.0 Å². The van der Waals surface area contributed by atoms with Gasteiger partial charge in [-0.1, -0.05) is 42.5 Å². The maximum Gasteiger partial charge on any atom is 0.293 e. The highest BCUT2D eigenvalue weighted by Crippen LogP contribution is 2.35. The molecule has 5 rings (SSSR count). The van der Waals surface area contributed by atoms with Crippen molar-refractivity contribution in [3.63, 3.8) is 0 Å². The number of imide groups is 1. The number of hydrogen-bond donors (Lipinski definition) is 1. The summed E-state index contributed by atoms with van der Waals surface area (Å²) in [6.07, 6.45) is 3.47. The molecule has 6 nitrogen and oxygen atoms in total. The number of amides is 3. The largest absolute Gasteiger partial charge is 0.350 e. The number of nitrogens with zero attached hydrogens (tertiary/aromatic N) is 2. The lowest BCUT2D eigenvalue weighted by Gasteiger charge is -2.12. The first-order valence-electron chi connectivity index (χ1n) is 10.9. The third kappa shape index (κ3) is 4.91. The lowest BCUT2D eigenvalue weighted by atomic mass is 10.1. The minimum atomic E-state index is -0.464. The normalized spacial score (nSPS) is 14.9. The molecule has 0 atom stereocenters. The van der Waals surface area contributed by atoms with Crippen molar-refractivity contribution in [2.75, 3.05) is 0 Å². The molecule has 1 aliphatic rings. The monoisotopic (exact) mass is 505 g/mol.